The first-order valence-electron chi connectivity index (χ1n) is 6.45. The van der Waals surface area contributed by atoms with Crippen molar-refractivity contribution in [2.24, 2.45) is 5.92 Å². The Bertz CT molecular complexity index is 474. The second-order valence-corrected chi connectivity index (χ2v) is 5.96. The molecule has 5 nitrogen and oxygen atoms in total. The zero-order valence-corrected chi connectivity index (χ0v) is 11.6. The van der Waals surface area contributed by atoms with Crippen molar-refractivity contribution in [3.05, 3.63) is 29.8 Å². The molecule has 0 saturated carbocycles. The maximum Gasteiger partial charge on any atom is 0.241 e. The van der Waals surface area contributed by atoms with Crippen LogP contribution in [0.2, 0.25) is 0 Å². The van der Waals surface area contributed by atoms with E-state index in [9.17, 15) is 4.79 Å². The standard InChI is InChI=1S/C13H17N3O2S/c1-14-11-12-9(3-5-19-12)2-4-16(13(11)17)7-10-6-15-8-18-10/h3,5-6,8-9,11-12,14H,2,4,7H2,1H3. The van der Waals surface area contributed by atoms with Crippen LogP contribution < -0.4 is 5.32 Å². The van der Waals surface area contributed by atoms with E-state index in [1.807, 2.05) is 11.9 Å². The predicted molar refractivity (Wildman–Crippen MR) is 73.4 cm³/mol. The number of rotatable bonds is 3. The van der Waals surface area contributed by atoms with Crippen LogP contribution in [0.4, 0.5) is 0 Å². The van der Waals surface area contributed by atoms with Crippen molar-refractivity contribution in [3.63, 3.8) is 0 Å². The summed E-state index contributed by atoms with van der Waals surface area (Å²) in [5.74, 6) is 1.37. The van der Waals surface area contributed by atoms with Crippen LogP contribution in [0, 0.1) is 5.92 Å². The van der Waals surface area contributed by atoms with E-state index in [4.69, 9.17) is 4.42 Å². The number of fused-ring (bicyclic) bond motifs is 1. The molecule has 102 valence electrons. The lowest BCUT2D eigenvalue weighted by Gasteiger charge is -2.26. The molecule has 3 unspecified atom stereocenters. The second-order valence-electron chi connectivity index (χ2n) is 4.88. The number of carbonyl (C=O) groups excluding carboxylic acids is 1. The first kappa shape index (κ1) is 12.7. The first-order chi connectivity index (χ1) is 9.29. The van der Waals surface area contributed by atoms with Crippen LogP contribution in [0.15, 0.2) is 28.5 Å². The third-order valence-corrected chi connectivity index (χ3v) is 5.01. The molecule has 1 N–H and O–H groups in total. The minimum Gasteiger partial charge on any atom is -0.447 e. The molecule has 1 fully saturated rings. The highest BCUT2D eigenvalue weighted by atomic mass is 32.2. The highest BCUT2D eigenvalue weighted by Gasteiger charge is 2.40. The summed E-state index contributed by atoms with van der Waals surface area (Å²) in [5.41, 5.74) is 0. The fourth-order valence-electron chi connectivity index (χ4n) is 2.74. The lowest BCUT2D eigenvalue weighted by molar-refractivity contribution is -0.133. The van der Waals surface area contributed by atoms with E-state index in [0.717, 1.165) is 18.7 Å². The summed E-state index contributed by atoms with van der Waals surface area (Å²) in [5, 5.41) is 5.62. The summed E-state index contributed by atoms with van der Waals surface area (Å²) in [6.45, 7) is 1.27. The van der Waals surface area contributed by atoms with E-state index >= 15 is 0 Å². The van der Waals surface area contributed by atoms with Crippen LogP contribution in [-0.4, -0.2) is 40.7 Å². The van der Waals surface area contributed by atoms with Gasteiger partial charge in [0.2, 0.25) is 5.91 Å². The Balaban J connectivity index is 1.78. The molecule has 2 aliphatic heterocycles. The molecule has 6 heteroatoms. The van der Waals surface area contributed by atoms with Gasteiger partial charge in [0.1, 0.15) is 5.76 Å². The Morgan fingerprint density at radius 3 is 3.26 bits per heavy atom. The number of nitrogens with one attached hydrogen (secondary N) is 1. The van der Waals surface area contributed by atoms with Gasteiger partial charge in [-0.1, -0.05) is 6.08 Å². The Hall–Kier alpha value is -1.27. The molecular weight excluding hydrogens is 262 g/mol. The lowest BCUT2D eigenvalue weighted by atomic mass is 9.98. The summed E-state index contributed by atoms with van der Waals surface area (Å²) in [4.78, 5) is 18.4. The Morgan fingerprint density at radius 2 is 2.53 bits per heavy atom. The van der Waals surface area contributed by atoms with Crippen molar-refractivity contribution in [1.29, 1.82) is 0 Å². The summed E-state index contributed by atoms with van der Waals surface area (Å²) in [7, 11) is 1.86. The summed E-state index contributed by atoms with van der Waals surface area (Å²) >= 11 is 1.76. The number of likely N-dealkylation sites (tertiary alicyclic amines) is 1. The summed E-state index contributed by atoms with van der Waals surface area (Å²) in [6.07, 6.45) is 6.31. The quantitative estimate of drug-likeness (QED) is 0.902. The molecule has 0 radical (unpaired) electrons. The van der Waals surface area contributed by atoms with Gasteiger partial charge in [0, 0.05) is 11.8 Å². The summed E-state index contributed by atoms with van der Waals surface area (Å²) in [6, 6.07) is -0.129. The highest BCUT2D eigenvalue weighted by molar-refractivity contribution is 8.03. The van der Waals surface area contributed by atoms with E-state index in [1.165, 1.54) is 6.39 Å². The van der Waals surface area contributed by atoms with E-state index < -0.39 is 0 Å². The Kier molecular flexibility index (Phi) is 3.61. The van der Waals surface area contributed by atoms with Crippen LogP contribution >= 0.6 is 11.8 Å². The third-order valence-electron chi connectivity index (χ3n) is 3.76. The molecule has 3 heterocycles. The number of likely N-dealkylation sites (N-methyl/N-ethyl adjacent to an activating group) is 1. The number of nitrogens with zero attached hydrogens (tertiary/aromatic N) is 2. The molecule has 0 spiro atoms. The van der Waals surface area contributed by atoms with Gasteiger partial charge in [-0.2, -0.15) is 0 Å². The monoisotopic (exact) mass is 279 g/mol. The maximum atomic E-state index is 12.6. The minimum absolute atomic E-state index is 0.129. The first-order valence-corrected chi connectivity index (χ1v) is 7.39. The van der Waals surface area contributed by atoms with Gasteiger partial charge in [-0.3, -0.25) is 4.79 Å². The van der Waals surface area contributed by atoms with Crippen LogP contribution in [0.5, 0.6) is 0 Å². The number of oxazole rings is 1. The van der Waals surface area contributed by atoms with Crippen molar-refractivity contribution in [2.75, 3.05) is 13.6 Å². The zero-order valence-electron chi connectivity index (χ0n) is 10.8. The van der Waals surface area contributed by atoms with Crippen LogP contribution in [0.3, 0.4) is 0 Å². The van der Waals surface area contributed by atoms with Gasteiger partial charge >= 0.3 is 0 Å². The molecule has 1 aromatic heterocycles. The second kappa shape index (κ2) is 5.38. The number of allylic oxidation sites excluding steroid dienone is 1. The SMILES string of the molecule is CNC1C(=O)N(Cc2cnco2)CCC2C=CSC21. The van der Waals surface area contributed by atoms with Gasteiger partial charge in [-0.25, -0.2) is 4.98 Å². The van der Waals surface area contributed by atoms with Crippen molar-refractivity contribution in [3.8, 4) is 0 Å². The number of amides is 1. The van der Waals surface area contributed by atoms with E-state index in [0.29, 0.717) is 17.7 Å². The fraction of sp³-hybridized carbons (Fsp3) is 0.538. The highest BCUT2D eigenvalue weighted by Crippen LogP contribution is 2.37. The third kappa shape index (κ3) is 2.42. The smallest absolute Gasteiger partial charge is 0.241 e. The molecule has 0 bridgehead atoms. The topological polar surface area (TPSA) is 58.4 Å². The molecule has 1 amide bonds. The summed E-state index contributed by atoms with van der Waals surface area (Å²) < 4.78 is 5.24. The molecule has 1 saturated heterocycles. The van der Waals surface area contributed by atoms with E-state index in [1.54, 1.807) is 18.0 Å². The van der Waals surface area contributed by atoms with Gasteiger partial charge in [0.05, 0.1) is 18.8 Å². The van der Waals surface area contributed by atoms with Crippen molar-refractivity contribution in [2.45, 2.75) is 24.3 Å². The molecule has 0 aromatic carbocycles. The average molecular weight is 279 g/mol. The fourth-order valence-corrected chi connectivity index (χ4v) is 4.05. The molecule has 2 aliphatic rings. The number of hydrogen-bond acceptors (Lipinski definition) is 5. The number of aromatic nitrogens is 1. The van der Waals surface area contributed by atoms with Crippen LogP contribution in [-0.2, 0) is 11.3 Å². The van der Waals surface area contributed by atoms with Crippen molar-refractivity contribution in [1.82, 2.24) is 15.2 Å². The molecule has 1 aromatic rings. The Labute approximate surface area is 116 Å². The zero-order chi connectivity index (χ0) is 13.2. The molecular formula is C13H17N3O2S. The number of thioether (sulfide) groups is 1. The molecule has 3 atom stereocenters. The van der Waals surface area contributed by atoms with E-state index in [-0.39, 0.29) is 11.9 Å². The van der Waals surface area contributed by atoms with Gasteiger partial charge in [0.25, 0.3) is 0 Å². The average Bonchev–Trinajstić information content (AvgIpc) is 3.04. The number of hydrogen-bond donors (Lipinski definition) is 1. The van der Waals surface area contributed by atoms with Crippen molar-refractivity contribution >= 4 is 17.7 Å². The van der Waals surface area contributed by atoms with Crippen LogP contribution in [0.1, 0.15) is 12.2 Å². The van der Waals surface area contributed by atoms with Gasteiger partial charge < -0.3 is 14.6 Å². The normalized spacial score (nSPS) is 30.5. The van der Waals surface area contributed by atoms with Gasteiger partial charge in [-0.05, 0) is 24.8 Å². The minimum atomic E-state index is -0.129. The largest absolute Gasteiger partial charge is 0.447 e. The van der Waals surface area contributed by atoms with Gasteiger partial charge in [0.15, 0.2) is 6.39 Å². The molecule has 19 heavy (non-hydrogen) atoms. The van der Waals surface area contributed by atoms with Crippen molar-refractivity contribution < 1.29 is 9.21 Å². The van der Waals surface area contributed by atoms with Gasteiger partial charge in [-0.15, -0.1) is 11.8 Å². The molecule has 3 rings (SSSR count). The molecule has 0 aliphatic carbocycles. The predicted octanol–water partition coefficient (Wildman–Crippen LogP) is 1.24. The maximum absolute atomic E-state index is 12.6. The lowest BCUT2D eigenvalue weighted by Crippen LogP contribution is -2.48. The number of carbonyl (C=O) groups is 1. The van der Waals surface area contributed by atoms with E-state index in [2.05, 4.69) is 21.8 Å². The van der Waals surface area contributed by atoms with Crippen LogP contribution in [0.25, 0.3) is 0 Å². The Morgan fingerprint density at radius 1 is 1.63 bits per heavy atom.